The highest BCUT2D eigenvalue weighted by atomic mass is 16.3. The largest absolute Gasteiger partial charge is 0.455 e. The van der Waals surface area contributed by atoms with Gasteiger partial charge in [-0.3, -0.25) is 0 Å². The van der Waals surface area contributed by atoms with E-state index in [2.05, 4.69) is 36.4 Å². The van der Waals surface area contributed by atoms with E-state index >= 15 is 0 Å². The summed E-state index contributed by atoms with van der Waals surface area (Å²) in [6.07, 6.45) is 0. The molecule has 0 aliphatic rings. The van der Waals surface area contributed by atoms with E-state index in [0.29, 0.717) is 45.7 Å². The summed E-state index contributed by atoms with van der Waals surface area (Å²) in [7, 11) is 0. The van der Waals surface area contributed by atoms with Gasteiger partial charge in [0.1, 0.15) is 28.0 Å². The van der Waals surface area contributed by atoms with Gasteiger partial charge in [-0.05, 0) is 41.5 Å². The van der Waals surface area contributed by atoms with Gasteiger partial charge in [-0.15, -0.1) is 0 Å². The van der Waals surface area contributed by atoms with E-state index in [1.165, 1.54) is 0 Å². The van der Waals surface area contributed by atoms with Crippen molar-refractivity contribution in [3.63, 3.8) is 0 Å². The molecular weight excluding hydrogens is 691 g/mol. The number of rotatable bonds is 6. The SMILES string of the molecule is c1ccc(-c2cccc(-c3nc(-c4cccc5c4oc4cccc(-c6nc(-c7ccccc7)nc(-c7ccccc7)n6)c45)c4oc5ccccc5c4n3)c2)cc1. The van der Waals surface area contributed by atoms with Gasteiger partial charge >= 0.3 is 0 Å². The molecule has 0 unspecified atom stereocenters. The molecule has 7 heteroatoms. The van der Waals surface area contributed by atoms with Crippen molar-refractivity contribution >= 4 is 44.0 Å². The maximum absolute atomic E-state index is 6.80. The van der Waals surface area contributed by atoms with Crippen molar-refractivity contribution in [1.82, 2.24) is 24.9 Å². The van der Waals surface area contributed by atoms with Crippen molar-refractivity contribution in [2.45, 2.75) is 0 Å². The summed E-state index contributed by atoms with van der Waals surface area (Å²) in [5.74, 6) is 2.34. The monoisotopic (exact) mass is 719 g/mol. The molecule has 0 aliphatic carbocycles. The van der Waals surface area contributed by atoms with Gasteiger partial charge in [0.15, 0.2) is 28.9 Å². The zero-order valence-electron chi connectivity index (χ0n) is 29.8. The van der Waals surface area contributed by atoms with Gasteiger partial charge in [-0.2, -0.15) is 0 Å². The van der Waals surface area contributed by atoms with Crippen molar-refractivity contribution in [2.24, 2.45) is 0 Å². The van der Waals surface area contributed by atoms with E-state index in [-0.39, 0.29) is 0 Å². The Balaban J connectivity index is 1.14. The third-order valence-corrected chi connectivity index (χ3v) is 10.2. The third kappa shape index (κ3) is 5.33. The van der Waals surface area contributed by atoms with Crippen LogP contribution in [0.5, 0.6) is 0 Å². The Morgan fingerprint density at radius 3 is 1.59 bits per heavy atom. The average Bonchev–Trinajstić information content (AvgIpc) is 3.86. The molecule has 11 aromatic rings. The number of hydrogen-bond donors (Lipinski definition) is 0. The molecule has 11 rings (SSSR count). The number of nitrogens with zero attached hydrogens (tertiary/aromatic N) is 5. The third-order valence-electron chi connectivity index (χ3n) is 10.2. The van der Waals surface area contributed by atoms with E-state index in [1.54, 1.807) is 0 Å². The Hall–Kier alpha value is -7.77. The van der Waals surface area contributed by atoms with Crippen molar-refractivity contribution in [2.75, 3.05) is 0 Å². The van der Waals surface area contributed by atoms with Crippen LogP contribution in [0.15, 0.2) is 185 Å². The summed E-state index contributed by atoms with van der Waals surface area (Å²) >= 11 is 0. The van der Waals surface area contributed by atoms with Crippen molar-refractivity contribution < 1.29 is 8.83 Å². The molecule has 0 amide bonds. The molecule has 0 N–H and O–H groups in total. The second-order valence-electron chi connectivity index (χ2n) is 13.6. The van der Waals surface area contributed by atoms with Gasteiger partial charge in [-0.25, -0.2) is 24.9 Å². The fourth-order valence-corrected chi connectivity index (χ4v) is 7.52. The van der Waals surface area contributed by atoms with Crippen molar-refractivity contribution in [3.05, 3.63) is 176 Å². The summed E-state index contributed by atoms with van der Waals surface area (Å²) in [5, 5.41) is 2.73. The molecule has 0 spiro atoms. The average molecular weight is 720 g/mol. The van der Waals surface area contributed by atoms with Crippen LogP contribution in [0.3, 0.4) is 0 Å². The van der Waals surface area contributed by atoms with Crippen LogP contribution < -0.4 is 0 Å². The lowest BCUT2D eigenvalue weighted by Gasteiger charge is -2.09. The lowest BCUT2D eigenvalue weighted by molar-refractivity contribution is 0.663. The van der Waals surface area contributed by atoms with Gasteiger partial charge in [0.25, 0.3) is 0 Å². The lowest BCUT2D eigenvalue weighted by Crippen LogP contribution is -2.00. The molecule has 0 bridgehead atoms. The lowest BCUT2D eigenvalue weighted by atomic mass is 10.0. The van der Waals surface area contributed by atoms with E-state index in [9.17, 15) is 0 Å². The number of furan rings is 2. The summed E-state index contributed by atoms with van der Waals surface area (Å²) < 4.78 is 13.4. The molecule has 0 saturated heterocycles. The molecule has 0 aliphatic heterocycles. The number of aromatic nitrogens is 5. The van der Waals surface area contributed by atoms with Crippen LogP contribution in [-0.4, -0.2) is 24.9 Å². The first-order valence-corrected chi connectivity index (χ1v) is 18.4. The van der Waals surface area contributed by atoms with Gasteiger partial charge in [-0.1, -0.05) is 146 Å². The van der Waals surface area contributed by atoms with Crippen LogP contribution >= 0.6 is 0 Å². The zero-order valence-corrected chi connectivity index (χ0v) is 29.8. The molecule has 0 atom stereocenters. The molecule has 56 heavy (non-hydrogen) atoms. The molecule has 0 saturated carbocycles. The van der Waals surface area contributed by atoms with Crippen LogP contribution in [0.25, 0.3) is 112 Å². The summed E-state index contributed by atoms with van der Waals surface area (Å²) in [6, 6.07) is 58.8. The first kappa shape index (κ1) is 31.7. The number of para-hydroxylation sites is 2. The Bertz CT molecular complexity index is 3190. The molecule has 4 heterocycles. The highest BCUT2D eigenvalue weighted by molar-refractivity contribution is 6.16. The van der Waals surface area contributed by atoms with Crippen molar-refractivity contribution in [1.29, 1.82) is 0 Å². The molecule has 0 radical (unpaired) electrons. The van der Waals surface area contributed by atoms with E-state index < -0.39 is 0 Å². The van der Waals surface area contributed by atoms with Gasteiger partial charge in [0.05, 0.1) is 0 Å². The van der Waals surface area contributed by atoms with Crippen LogP contribution in [-0.2, 0) is 0 Å². The highest BCUT2D eigenvalue weighted by Crippen LogP contribution is 2.43. The minimum atomic E-state index is 0.554. The molecule has 7 aromatic carbocycles. The summed E-state index contributed by atoms with van der Waals surface area (Å²) in [4.78, 5) is 25.4. The molecular formula is C49H29N5O2. The van der Waals surface area contributed by atoms with Gasteiger partial charge < -0.3 is 8.83 Å². The first-order chi connectivity index (χ1) is 27.7. The first-order valence-electron chi connectivity index (χ1n) is 18.4. The Morgan fingerprint density at radius 1 is 0.321 bits per heavy atom. The van der Waals surface area contributed by atoms with E-state index in [0.717, 1.165) is 66.2 Å². The van der Waals surface area contributed by atoms with Crippen molar-refractivity contribution in [3.8, 4) is 67.9 Å². The highest BCUT2D eigenvalue weighted by Gasteiger charge is 2.24. The van der Waals surface area contributed by atoms with Crippen LogP contribution in [0, 0.1) is 0 Å². The minimum Gasteiger partial charge on any atom is -0.455 e. The predicted molar refractivity (Wildman–Crippen MR) is 223 cm³/mol. The Kier molecular flexibility index (Phi) is 7.35. The second kappa shape index (κ2) is 13.0. The fourth-order valence-electron chi connectivity index (χ4n) is 7.52. The topological polar surface area (TPSA) is 90.7 Å². The quantitative estimate of drug-likeness (QED) is 0.169. The van der Waals surface area contributed by atoms with Crippen LogP contribution in [0.4, 0.5) is 0 Å². The second-order valence-corrected chi connectivity index (χ2v) is 13.6. The predicted octanol–water partition coefficient (Wildman–Crippen LogP) is 12.5. The summed E-state index contributed by atoms with van der Waals surface area (Å²) in [5.41, 5.74) is 10.7. The minimum absolute atomic E-state index is 0.554. The molecule has 4 aromatic heterocycles. The maximum Gasteiger partial charge on any atom is 0.180 e. The van der Waals surface area contributed by atoms with Gasteiger partial charge in [0, 0.05) is 44.0 Å². The maximum atomic E-state index is 6.80. The number of fused-ring (bicyclic) bond motifs is 6. The Labute approximate surface area is 320 Å². The Morgan fingerprint density at radius 2 is 0.839 bits per heavy atom. The smallest absolute Gasteiger partial charge is 0.180 e. The van der Waals surface area contributed by atoms with Crippen LogP contribution in [0.2, 0.25) is 0 Å². The standard InChI is InChI=1S/C49H29N5O2/c1-4-15-30(16-5-1)33-21-12-22-34(29-33)48-50-42-35-23-10-11-27-39(35)55-45(42)43(51-48)38-26-13-24-36-41-37(25-14-28-40(41)56-44(36)38)49-53-46(31-17-6-2-7-18-31)52-47(54-49)32-19-8-3-9-20-32/h1-29H. The number of hydrogen-bond acceptors (Lipinski definition) is 7. The van der Waals surface area contributed by atoms with Crippen LogP contribution in [0.1, 0.15) is 0 Å². The summed E-state index contributed by atoms with van der Waals surface area (Å²) in [6.45, 7) is 0. The van der Waals surface area contributed by atoms with E-state index in [4.69, 9.17) is 33.8 Å². The molecule has 262 valence electrons. The number of benzene rings is 7. The zero-order chi connectivity index (χ0) is 37.0. The van der Waals surface area contributed by atoms with Gasteiger partial charge in [0.2, 0.25) is 0 Å². The fraction of sp³-hybridized carbons (Fsp3) is 0. The van der Waals surface area contributed by atoms with E-state index in [1.807, 2.05) is 140 Å². The molecule has 7 nitrogen and oxygen atoms in total. The molecule has 0 fully saturated rings. The normalized spacial score (nSPS) is 11.6.